The average Bonchev–Trinajstić information content (AvgIpc) is 2.68. The van der Waals surface area contributed by atoms with E-state index in [1.54, 1.807) is 0 Å². The van der Waals surface area contributed by atoms with Crippen LogP contribution in [-0.2, 0) is 33.0 Å². The Morgan fingerprint density at radius 3 is 1.18 bits per heavy atom. The molecule has 0 unspecified atom stereocenters. The van der Waals surface area contributed by atoms with Crippen molar-refractivity contribution in [1.29, 1.82) is 0 Å². The lowest BCUT2D eigenvalue weighted by molar-refractivity contribution is 0.0325. The summed E-state index contributed by atoms with van der Waals surface area (Å²) in [6, 6.07) is 10.3. The highest BCUT2D eigenvalue weighted by Gasteiger charge is 2.65. The van der Waals surface area contributed by atoms with Crippen LogP contribution in [0.4, 0.5) is 0 Å². The summed E-state index contributed by atoms with van der Waals surface area (Å²) in [4.78, 5) is 0. The first-order valence-corrected chi connectivity index (χ1v) is 14.1. The van der Waals surface area contributed by atoms with Crippen LogP contribution in [0, 0.1) is 0 Å². The van der Waals surface area contributed by atoms with Crippen molar-refractivity contribution in [2.24, 2.45) is 0 Å². The number of benzene rings is 1. The summed E-state index contributed by atoms with van der Waals surface area (Å²) >= 11 is 0. The van der Waals surface area contributed by atoms with E-state index in [1.165, 1.54) is 0 Å². The first-order chi connectivity index (χ1) is 13.6. The average molecular weight is 431 g/mol. The van der Waals surface area contributed by atoms with Crippen LogP contribution in [0.3, 0.4) is 0 Å². The molecule has 0 N–H and O–H groups in total. The minimum absolute atomic E-state index is 0.248. The summed E-state index contributed by atoms with van der Waals surface area (Å²) in [5.74, 6) is 0. The van der Waals surface area contributed by atoms with E-state index in [2.05, 4.69) is 12.1 Å². The lowest BCUT2D eigenvalue weighted by atomic mass is 10.2. The van der Waals surface area contributed by atoms with Crippen LogP contribution in [0.25, 0.3) is 0 Å². The molecule has 0 atom stereocenters. The zero-order chi connectivity index (χ0) is 20.9. The van der Waals surface area contributed by atoms with E-state index in [4.69, 9.17) is 26.6 Å². The molecule has 162 valence electrons. The summed E-state index contributed by atoms with van der Waals surface area (Å²) in [6.45, 7) is 14.7. The zero-order valence-corrected chi connectivity index (χ0v) is 20.4. The second-order valence-corrected chi connectivity index (χ2v) is 12.2. The summed E-state index contributed by atoms with van der Waals surface area (Å²) < 4.78 is 37.7. The van der Waals surface area contributed by atoms with Gasteiger partial charge in [0.15, 0.2) is 0 Å². The smallest absolute Gasteiger partial charge is 0.374 e. The third kappa shape index (κ3) is 6.74. The van der Waals surface area contributed by atoms with Crippen LogP contribution in [0.15, 0.2) is 30.3 Å². The molecule has 0 heterocycles. The lowest BCUT2D eigenvalue weighted by Crippen LogP contribution is -2.64. The molecule has 0 aliphatic rings. The van der Waals surface area contributed by atoms with Gasteiger partial charge in [0.2, 0.25) is 0 Å². The number of hydrogen-bond acceptors (Lipinski definition) is 6. The number of rotatable bonds is 16. The largest absolute Gasteiger partial charge is 0.509 e. The van der Waals surface area contributed by atoms with Gasteiger partial charge < -0.3 is 26.6 Å². The Balaban J connectivity index is 3.56. The van der Waals surface area contributed by atoms with Gasteiger partial charge in [-0.25, -0.2) is 0 Å². The molecule has 0 saturated heterocycles. The number of hydrogen-bond donors (Lipinski definition) is 0. The fraction of sp³-hybridized carbons (Fsp3) is 0.700. The molecular formula is C20H38O6Si2. The van der Waals surface area contributed by atoms with E-state index in [1.807, 2.05) is 59.7 Å². The third-order valence-corrected chi connectivity index (χ3v) is 12.6. The van der Waals surface area contributed by atoms with Crippen LogP contribution in [0.2, 0.25) is 5.16 Å². The highest BCUT2D eigenvalue weighted by molar-refractivity contribution is 6.82. The first kappa shape index (κ1) is 25.5. The second kappa shape index (κ2) is 13.6. The highest BCUT2D eigenvalue weighted by atomic mass is 28.5. The van der Waals surface area contributed by atoms with Crippen LogP contribution in [-0.4, -0.2) is 57.3 Å². The highest BCUT2D eigenvalue weighted by Crippen LogP contribution is 2.39. The molecule has 28 heavy (non-hydrogen) atoms. The van der Waals surface area contributed by atoms with Crippen molar-refractivity contribution in [2.75, 3.05) is 39.6 Å². The zero-order valence-electron chi connectivity index (χ0n) is 18.4. The quantitative estimate of drug-likeness (QED) is 0.366. The van der Waals surface area contributed by atoms with Crippen molar-refractivity contribution in [3.8, 4) is 0 Å². The van der Waals surface area contributed by atoms with Crippen molar-refractivity contribution < 1.29 is 26.6 Å². The van der Waals surface area contributed by atoms with Crippen molar-refractivity contribution in [3.63, 3.8) is 0 Å². The van der Waals surface area contributed by atoms with Gasteiger partial charge in [-0.2, -0.15) is 0 Å². The Hall–Kier alpha value is -0.586. The summed E-state index contributed by atoms with van der Waals surface area (Å²) in [5.41, 5.74) is 1.15. The van der Waals surface area contributed by atoms with Crippen LogP contribution in [0.5, 0.6) is 0 Å². The van der Waals surface area contributed by atoms with E-state index >= 15 is 0 Å². The molecule has 0 amide bonds. The molecule has 0 aliphatic carbocycles. The van der Waals surface area contributed by atoms with Crippen LogP contribution < -0.4 is 0 Å². The van der Waals surface area contributed by atoms with Gasteiger partial charge >= 0.3 is 17.6 Å². The molecule has 6 nitrogen and oxygen atoms in total. The van der Waals surface area contributed by atoms with E-state index in [0.29, 0.717) is 46.1 Å². The summed E-state index contributed by atoms with van der Waals surface area (Å²) in [5, 5.41) is -0.248. The molecule has 0 radical (unpaired) electrons. The Morgan fingerprint density at radius 1 is 0.571 bits per heavy atom. The minimum atomic E-state index is -3.17. The molecule has 0 bridgehead atoms. The van der Waals surface area contributed by atoms with Gasteiger partial charge in [0.25, 0.3) is 0 Å². The predicted octanol–water partition coefficient (Wildman–Crippen LogP) is 4.24. The predicted molar refractivity (Wildman–Crippen MR) is 115 cm³/mol. The van der Waals surface area contributed by atoms with Crippen molar-refractivity contribution >= 4 is 17.6 Å². The minimum Gasteiger partial charge on any atom is -0.374 e. The first-order valence-electron chi connectivity index (χ1n) is 10.4. The Morgan fingerprint density at radius 2 is 0.893 bits per heavy atom. The van der Waals surface area contributed by atoms with Gasteiger partial charge in [0.1, 0.15) is 5.16 Å². The van der Waals surface area contributed by atoms with Crippen molar-refractivity contribution in [3.05, 3.63) is 35.9 Å². The molecular weight excluding hydrogens is 392 g/mol. The monoisotopic (exact) mass is 430 g/mol. The Bertz CT molecular complexity index is 457. The van der Waals surface area contributed by atoms with Gasteiger partial charge in [-0.3, -0.25) is 0 Å². The van der Waals surface area contributed by atoms with E-state index in [9.17, 15) is 0 Å². The van der Waals surface area contributed by atoms with Crippen molar-refractivity contribution in [1.82, 2.24) is 0 Å². The summed E-state index contributed by atoms with van der Waals surface area (Å²) in [6.07, 6.45) is 0.652. The Kier molecular flexibility index (Phi) is 12.4. The molecule has 1 rings (SSSR count). The van der Waals surface area contributed by atoms with E-state index in [0.717, 1.165) is 5.56 Å². The van der Waals surface area contributed by atoms with Gasteiger partial charge in [-0.1, -0.05) is 30.3 Å². The fourth-order valence-electron chi connectivity index (χ4n) is 3.38. The SMILES string of the molecule is CCO[Si](OCC)(OCC)C(Cc1ccccc1)[Si](OCC)(OCC)OCC. The van der Waals surface area contributed by atoms with E-state index in [-0.39, 0.29) is 5.16 Å². The van der Waals surface area contributed by atoms with E-state index < -0.39 is 17.6 Å². The molecule has 0 spiro atoms. The van der Waals surface area contributed by atoms with Crippen LogP contribution in [0.1, 0.15) is 47.1 Å². The molecule has 0 fully saturated rings. The normalized spacial score (nSPS) is 12.7. The van der Waals surface area contributed by atoms with Gasteiger partial charge in [0, 0.05) is 39.6 Å². The maximum atomic E-state index is 6.28. The summed E-state index contributed by atoms with van der Waals surface area (Å²) in [7, 11) is -6.34. The van der Waals surface area contributed by atoms with Gasteiger partial charge in [-0.15, -0.1) is 0 Å². The molecule has 1 aromatic carbocycles. The maximum Gasteiger partial charge on any atom is 0.509 e. The van der Waals surface area contributed by atoms with Crippen LogP contribution >= 0.6 is 0 Å². The van der Waals surface area contributed by atoms with Crippen molar-refractivity contribution in [2.45, 2.75) is 53.1 Å². The molecule has 0 saturated carbocycles. The third-order valence-electron chi connectivity index (χ3n) is 4.21. The maximum absolute atomic E-state index is 6.28. The second-order valence-electron chi connectivity index (χ2n) is 6.05. The fourth-order valence-corrected chi connectivity index (χ4v) is 11.7. The topological polar surface area (TPSA) is 55.4 Å². The standard InChI is InChI=1S/C20H38O6Si2/c1-7-21-27(22-8-2,23-9-3)20(18-19-16-14-13-15-17-19)28(24-10-4,25-11-5)26-12-6/h13-17,20H,7-12,18H2,1-6H3. The van der Waals surface area contributed by atoms with Gasteiger partial charge in [-0.05, 0) is 53.5 Å². The Labute approximate surface area is 173 Å². The molecule has 0 aromatic heterocycles. The lowest BCUT2D eigenvalue weighted by Gasteiger charge is -2.42. The molecule has 8 heteroatoms. The van der Waals surface area contributed by atoms with Gasteiger partial charge in [0.05, 0.1) is 0 Å². The molecule has 1 aromatic rings. The molecule has 0 aliphatic heterocycles.